The predicted molar refractivity (Wildman–Crippen MR) is 75.7 cm³/mol. The number of nitriles is 1. The van der Waals surface area contributed by atoms with Crippen LogP contribution in [0.1, 0.15) is 33.4 Å². The van der Waals surface area contributed by atoms with Gasteiger partial charge in [-0.25, -0.2) is 9.78 Å². The molecular weight excluding hydrogens is 289 g/mol. The molecule has 2 unspecified atom stereocenters. The van der Waals surface area contributed by atoms with Gasteiger partial charge in [-0.3, -0.25) is 4.90 Å². The third-order valence-corrected chi connectivity index (χ3v) is 3.24. The molecular formula is C15H18FN3O3. The molecule has 1 aromatic heterocycles. The Kier molecular flexibility index (Phi) is 4.22. The second-order valence-electron chi connectivity index (χ2n) is 6.13. The zero-order chi connectivity index (χ0) is 16.5. The Hall–Kier alpha value is -2.36. The van der Waals surface area contributed by atoms with Crippen LogP contribution in [0.4, 0.5) is 9.18 Å². The number of pyridine rings is 1. The summed E-state index contributed by atoms with van der Waals surface area (Å²) >= 11 is 0. The zero-order valence-electron chi connectivity index (χ0n) is 13.0. The van der Waals surface area contributed by atoms with Gasteiger partial charge in [-0.1, -0.05) is 0 Å². The molecule has 2 rings (SSSR count). The number of rotatable bonds is 2. The maximum Gasteiger partial charge on any atom is 0.410 e. The van der Waals surface area contributed by atoms with Crippen molar-refractivity contribution < 1.29 is 18.7 Å². The van der Waals surface area contributed by atoms with Crippen molar-refractivity contribution in [2.24, 2.45) is 0 Å². The molecule has 2 atom stereocenters. The van der Waals surface area contributed by atoms with Crippen LogP contribution >= 0.6 is 0 Å². The first-order chi connectivity index (χ1) is 10.2. The molecule has 1 fully saturated rings. The highest BCUT2D eigenvalue weighted by Crippen LogP contribution is 2.27. The van der Waals surface area contributed by atoms with Gasteiger partial charge in [0.25, 0.3) is 5.95 Å². The Morgan fingerprint density at radius 2 is 2.18 bits per heavy atom. The summed E-state index contributed by atoms with van der Waals surface area (Å²) in [6.45, 7) is 7.49. The van der Waals surface area contributed by atoms with E-state index >= 15 is 0 Å². The number of likely N-dealkylation sites (tertiary alicyclic amines) is 1. The number of carbonyl (C=O) groups excluding carboxylic acids is 1. The average molecular weight is 307 g/mol. The van der Waals surface area contributed by atoms with Gasteiger partial charge in [-0.05, 0) is 39.8 Å². The fraction of sp³-hybridized carbons (Fsp3) is 0.533. The maximum atomic E-state index is 13.7. The average Bonchev–Trinajstić information content (AvgIpc) is 2.41. The monoisotopic (exact) mass is 307 g/mol. The molecule has 0 spiro atoms. The number of hydrogen-bond donors (Lipinski definition) is 0. The molecule has 1 aliphatic rings. The molecule has 0 bridgehead atoms. The van der Waals surface area contributed by atoms with E-state index in [1.165, 1.54) is 17.0 Å². The van der Waals surface area contributed by atoms with E-state index in [1.54, 1.807) is 33.8 Å². The molecule has 7 heteroatoms. The molecule has 0 aromatic carbocycles. The van der Waals surface area contributed by atoms with Crippen molar-refractivity contribution in [3.63, 3.8) is 0 Å². The fourth-order valence-corrected chi connectivity index (χ4v) is 2.01. The Morgan fingerprint density at radius 3 is 2.68 bits per heavy atom. The fourth-order valence-electron chi connectivity index (χ4n) is 2.01. The molecule has 0 N–H and O–H groups in total. The Labute approximate surface area is 128 Å². The smallest absolute Gasteiger partial charge is 0.410 e. The Bertz CT molecular complexity index is 621. The highest BCUT2D eigenvalue weighted by molar-refractivity contribution is 5.70. The molecule has 1 aromatic rings. The molecule has 1 saturated heterocycles. The summed E-state index contributed by atoms with van der Waals surface area (Å²) in [4.78, 5) is 16.9. The summed E-state index contributed by atoms with van der Waals surface area (Å²) in [6, 6.07) is 4.27. The Morgan fingerprint density at radius 1 is 1.50 bits per heavy atom. The second kappa shape index (κ2) is 5.79. The van der Waals surface area contributed by atoms with Crippen LogP contribution < -0.4 is 4.74 Å². The van der Waals surface area contributed by atoms with Crippen LogP contribution in [0.2, 0.25) is 0 Å². The van der Waals surface area contributed by atoms with E-state index in [1.807, 2.05) is 0 Å². The van der Waals surface area contributed by atoms with Crippen molar-refractivity contribution in [1.29, 1.82) is 5.26 Å². The lowest BCUT2D eigenvalue weighted by molar-refractivity contribution is -0.0547. The number of ether oxygens (including phenoxy) is 2. The van der Waals surface area contributed by atoms with E-state index in [9.17, 15) is 9.18 Å². The van der Waals surface area contributed by atoms with Gasteiger partial charge in [-0.2, -0.15) is 9.65 Å². The van der Waals surface area contributed by atoms with E-state index in [0.717, 1.165) is 0 Å². The number of aromatic nitrogens is 1. The van der Waals surface area contributed by atoms with E-state index < -0.39 is 17.6 Å². The quantitative estimate of drug-likeness (QED) is 0.785. The van der Waals surface area contributed by atoms with Gasteiger partial charge < -0.3 is 9.47 Å². The Balaban J connectivity index is 1.95. The first-order valence-corrected chi connectivity index (χ1v) is 6.94. The number of carbonyl (C=O) groups is 1. The van der Waals surface area contributed by atoms with Crippen LogP contribution in [0, 0.1) is 17.3 Å². The summed E-state index contributed by atoms with van der Waals surface area (Å²) < 4.78 is 24.5. The molecule has 1 amide bonds. The lowest BCUT2D eigenvalue weighted by Gasteiger charge is -2.45. The lowest BCUT2D eigenvalue weighted by atomic mass is 10.0. The van der Waals surface area contributed by atoms with Crippen LogP contribution in [0.3, 0.4) is 0 Å². The van der Waals surface area contributed by atoms with Crippen molar-refractivity contribution in [3.8, 4) is 11.8 Å². The summed E-state index contributed by atoms with van der Waals surface area (Å²) in [7, 11) is 0. The largest absolute Gasteiger partial charge is 0.482 e. The van der Waals surface area contributed by atoms with Crippen LogP contribution in [-0.4, -0.2) is 40.3 Å². The highest BCUT2D eigenvalue weighted by atomic mass is 19.1. The standard InChI is InChI=1S/C15H18FN3O3/c1-9-12(8-19(9)14(20)22-15(2,3)4)21-11-6-5-10(7-17)18-13(11)16/h5-6,9,12H,8H2,1-4H3. The first kappa shape index (κ1) is 16.0. The third kappa shape index (κ3) is 3.45. The van der Waals surface area contributed by atoms with Crippen molar-refractivity contribution in [1.82, 2.24) is 9.88 Å². The van der Waals surface area contributed by atoms with Crippen LogP contribution in [0.15, 0.2) is 12.1 Å². The van der Waals surface area contributed by atoms with Crippen molar-refractivity contribution >= 4 is 6.09 Å². The molecule has 118 valence electrons. The van der Waals surface area contributed by atoms with Crippen molar-refractivity contribution in [2.45, 2.75) is 45.4 Å². The SMILES string of the molecule is CC1C(Oc2ccc(C#N)nc2F)CN1C(=O)OC(C)(C)C. The van der Waals surface area contributed by atoms with Crippen molar-refractivity contribution in [3.05, 3.63) is 23.8 Å². The van der Waals surface area contributed by atoms with Gasteiger partial charge in [-0.15, -0.1) is 0 Å². The van der Waals surface area contributed by atoms with Crippen LogP contribution in [-0.2, 0) is 4.74 Å². The van der Waals surface area contributed by atoms with Gasteiger partial charge in [0, 0.05) is 0 Å². The summed E-state index contributed by atoms with van der Waals surface area (Å²) in [6.07, 6.45) is -0.755. The van der Waals surface area contributed by atoms with E-state index in [4.69, 9.17) is 14.7 Å². The zero-order valence-corrected chi connectivity index (χ0v) is 13.0. The van der Waals surface area contributed by atoms with Crippen molar-refractivity contribution in [2.75, 3.05) is 6.54 Å². The second-order valence-corrected chi connectivity index (χ2v) is 6.13. The van der Waals surface area contributed by atoms with Gasteiger partial charge in [0.1, 0.15) is 23.5 Å². The molecule has 22 heavy (non-hydrogen) atoms. The third-order valence-electron chi connectivity index (χ3n) is 3.24. The number of hydrogen-bond acceptors (Lipinski definition) is 5. The maximum absolute atomic E-state index is 13.7. The minimum atomic E-state index is -0.832. The number of halogens is 1. The van der Waals surface area contributed by atoms with E-state index in [2.05, 4.69) is 4.98 Å². The van der Waals surface area contributed by atoms with Gasteiger partial charge in [0.2, 0.25) is 0 Å². The molecule has 6 nitrogen and oxygen atoms in total. The van der Waals surface area contributed by atoms with Crippen LogP contribution in [0.5, 0.6) is 5.75 Å². The van der Waals surface area contributed by atoms with E-state index in [-0.39, 0.29) is 23.6 Å². The van der Waals surface area contributed by atoms with E-state index in [0.29, 0.717) is 6.54 Å². The molecule has 0 saturated carbocycles. The topological polar surface area (TPSA) is 75.5 Å². The number of amides is 1. The van der Waals surface area contributed by atoms with Crippen LogP contribution in [0.25, 0.3) is 0 Å². The minimum Gasteiger partial charge on any atom is -0.482 e. The summed E-state index contributed by atoms with van der Waals surface area (Å²) in [5.41, 5.74) is -0.576. The first-order valence-electron chi connectivity index (χ1n) is 6.94. The van der Waals surface area contributed by atoms with Gasteiger partial charge in [0.15, 0.2) is 5.75 Å². The predicted octanol–water partition coefficient (Wildman–Crippen LogP) is 2.48. The van der Waals surface area contributed by atoms with Gasteiger partial charge in [0.05, 0.1) is 12.6 Å². The van der Waals surface area contributed by atoms with Gasteiger partial charge >= 0.3 is 6.09 Å². The molecule has 1 aliphatic heterocycles. The lowest BCUT2D eigenvalue weighted by Crippen LogP contribution is -2.63. The molecule has 0 radical (unpaired) electrons. The molecule has 0 aliphatic carbocycles. The minimum absolute atomic E-state index is 0.0121. The summed E-state index contributed by atoms with van der Waals surface area (Å²) in [5.74, 6) is -0.860. The highest BCUT2D eigenvalue weighted by Gasteiger charge is 2.42. The number of nitrogens with zero attached hydrogens (tertiary/aromatic N) is 3. The summed E-state index contributed by atoms with van der Waals surface area (Å²) in [5, 5.41) is 8.64. The molecule has 2 heterocycles. The normalized spacial score (nSPS) is 20.8.